The summed E-state index contributed by atoms with van der Waals surface area (Å²) < 4.78 is 0. The van der Waals surface area contributed by atoms with Crippen molar-refractivity contribution in [1.82, 2.24) is 4.98 Å². The van der Waals surface area contributed by atoms with Crippen LogP contribution >= 0.6 is 0 Å². The fraction of sp³-hybridized carbons (Fsp3) is 0.167. The van der Waals surface area contributed by atoms with E-state index in [1.807, 2.05) is 24.3 Å². The lowest BCUT2D eigenvalue weighted by Gasteiger charge is -2.04. The zero-order valence-corrected chi connectivity index (χ0v) is 11.9. The molecule has 2 aromatic carbocycles. The fourth-order valence-electron chi connectivity index (χ4n) is 2.66. The van der Waals surface area contributed by atoms with E-state index in [1.165, 1.54) is 5.56 Å². The van der Waals surface area contributed by atoms with Gasteiger partial charge >= 0.3 is 5.97 Å². The molecule has 1 aromatic heterocycles. The third kappa shape index (κ3) is 2.68. The van der Waals surface area contributed by atoms with Crippen LogP contribution in [0.2, 0.25) is 0 Å². The molecular weight excluding hydrogens is 262 g/mol. The first-order valence-corrected chi connectivity index (χ1v) is 7.03. The number of rotatable bonds is 4. The van der Waals surface area contributed by atoms with Crippen LogP contribution in [-0.4, -0.2) is 16.1 Å². The van der Waals surface area contributed by atoms with Crippen molar-refractivity contribution in [1.29, 1.82) is 0 Å². The smallest absolute Gasteiger partial charge is 0.303 e. The van der Waals surface area contributed by atoms with Gasteiger partial charge in [-0.1, -0.05) is 48.0 Å². The molecule has 0 spiro atoms. The van der Waals surface area contributed by atoms with Gasteiger partial charge in [0.15, 0.2) is 0 Å². The molecule has 2 N–H and O–H groups in total. The van der Waals surface area contributed by atoms with Crippen LogP contribution in [-0.2, 0) is 11.2 Å². The average molecular weight is 279 g/mol. The van der Waals surface area contributed by atoms with Gasteiger partial charge in [0.2, 0.25) is 0 Å². The molecule has 0 aliphatic rings. The lowest BCUT2D eigenvalue weighted by atomic mass is 10.0. The summed E-state index contributed by atoms with van der Waals surface area (Å²) >= 11 is 0. The number of hydrogen-bond donors (Lipinski definition) is 2. The third-order valence-electron chi connectivity index (χ3n) is 3.74. The summed E-state index contributed by atoms with van der Waals surface area (Å²) in [5.74, 6) is -0.768. The van der Waals surface area contributed by atoms with E-state index in [9.17, 15) is 4.79 Å². The molecule has 106 valence electrons. The third-order valence-corrected chi connectivity index (χ3v) is 3.74. The molecule has 0 saturated carbocycles. The van der Waals surface area contributed by atoms with E-state index in [-0.39, 0.29) is 6.42 Å². The van der Waals surface area contributed by atoms with Crippen LogP contribution in [0, 0.1) is 6.92 Å². The largest absolute Gasteiger partial charge is 0.481 e. The maximum Gasteiger partial charge on any atom is 0.303 e. The van der Waals surface area contributed by atoms with Crippen LogP contribution in [0.1, 0.15) is 17.5 Å². The van der Waals surface area contributed by atoms with Crippen LogP contribution in [0.15, 0.2) is 48.5 Å². The molecule has 0 bridgehead atoms. The molecular formula is C18H17NO2. The van der Waals surface area contributed by atoms with E-state index in [1.54, 1.807) is 0 Å². The normalized spacial score (nSPS) is 10.9. The van der Waals surface area contributed by atoms with Crippen molar-refractivity contribution in [3.63, 3.8) is 0 Å². The van der Waals surface area contributed by atoms with Gasteiger partial charge in [-0.05, 0) is 30.5 Å². The average Bonchev–Trinajstić information content (AvgIpc) is 2.84. The van der Waals surface area contributed by atoms with Gasteiger partial charge in [0.1, 0.15) is 0 Å². The topological polar surface area (TPSA) is 53.1 Å². The first-order valence-electron chi connectivity index (χ1n) is 7.03. The Balaban J connectivity index is 2.13. The Hall–Kier alpha value is -2.55. The zero-order valence-electron chi connectivity index (χ0n) is 11.9. The number of aromatic nitrogens is 1. The Morgan fingerprint density at radius 3 is 2.52 bits per heavy atom. The second kappa shape index (κ2) is 5.44. The summed E-state index contributed by atoms with van der Waals surface area (Å²) in [6.45, 7) is 2.06. The quantitative estimate of drug-likeness (QED) is 0.753. The number of aryl methyl sites for hydroxylation is 2. The molecule has 0 radical (unpaired) electrons. The molecule has 0 atom stereocenters. The van der Waals surface area contributed by atoms with Gasteiger partial charge in [-0.25, -0.2) is 0 Å². The molecule has 0 unspecified atom stereocenters. The molecule has 3 nitrogen and oxygen atoms in total. The highest BCUT2D eigenvalue weighted by molar-refractivity contribution is 5.91. The van der Waals surface area contributed by atoms with Crippen LogP contribution in [0.3, 0.4) is 0 Å². The molecule has 0 aliphatic carbocycles. The standard InChI is InChI=1S/C18H17NO2/c1-12-6-8-13(9-7-12)18-15(10-11-17(20)21)14-4-2-3-5-16(14)19-18/h2-9,19H,10-11H2,1H3,(H,20,21). The Morgan fingerprint density at radius 2 is 1.81 bits per heavy atom. The number of benzene rings is 2. The number of fused-ring (bicyclic) bond motifs is 1. The van der Waals surface area contributed by atoms with Crippen LogP contribution < -0.4 is 0 Å². The lowest BCUT2D eigenvalue weighted by Crippen LogP contribution is -1.98. The SMILES string of the molecule is Cc1ccc(-c2[nH]c3ccccc3c2CCC(=O)O)cc1. The molecule has 0 fully saturated rings. The van der Waals surface area contributed by atoms with Crippen LogP contribution in [0.4, 0.5) is 0 Å². The number of carbonyl (C=O) groups is 1. The van der Waals surface area contributed by atoms with Gasteiger partial charge in [0, 0.05) is 23.0 Å². The van der Waals surface area contributed by atoms with Gasteiger partial charge in [0.05, 0.1) is 0 Å². The number of H-pyrrole nitrogens is 1. The summed E-state index contributed by atoms with van der Waals surface area (Å²) in [5.41, 5.74) is 5.46. The minimum absolute atomic E-state index is 0.140. The van der Waals surface area contributed by atoms with Gasteiger partial charge in [-0.2, -0.15) is 0 Å². The summed E-state index contributed by atoms with van der Waals surface area (Å²) in [6, 6.07) is 16.3. The Labute approximate surface area is 123 Å². The first kappa shape index (κ1) is 13.4. The van der Waals surface area contributed by atoms with Crippen molar-refractivity contribution in [2.75, 3.05) is 0 Å². The minimum Gasteiger partial charge on any atom is -0.481 e. The maximum atomic E-state index is 10.9. The van der Waals surface area contributed by atoms with Crippen molar-refractivity contribution in [2.24, 2.45) is 0 Å². The van der Waals surface area contributed by atoms with Crippen molar-refractivity contribution in [3.8, 4) is 11.3 Å². The molecule has 3 aromatic rings. The molecule has 0 aliphatic heterocycles. The van der Waals surface area contributed by atoms with Gasteiger partial charge in [-0.15, -0.1) is 0 Å². The highest BCUT2D eigenvalue weighted by atomic mass is 16.4. The highest BCUT2D eigenvalue weighted by Gasteiger charge is 2.13. The Morgan fingerprint density at radius 1 is 1.10 bits per heavy atom. The predicted molar refractivity (Wildman–Crippen MR) is 84.4 cm³/mol. The molecule has 0 saturated heterocycles. The first-order chi connectivity index (χ1) is 10.1. The van der Waals surface area contributed by atoms with E-state index in [2.05, 4.69) is 36.2 Å². The van der Waals surface area contributed by atoms with E-state index < -0.39 is 5.97 Å². The number of aromatic amines is 1. The Kier molecular flexibility index (Phi) is 3.48. The number of para-hydroxylation sites is 1. The monoisotopic (exact) mass is 279 g/mol. The number of carboxylic acid groups (broad SMARTS) is 1. The van der Waals surface area contributed by atoms with Crippen molar-refractivity contribution >= 4 is 16.9 Å². The van der Waals surface area contributed by atoms with Crippen LogP contribution in [0.25, 0.3) is 22.2 Å². The summed E-state index contributed by atoms with van der Waals surface area (Å²) in [7, 11) is 0. The molecule has 0 amide bonds. The summed E-state index contributed by atoms with van der Waals surface area (Å²) in [5, 5.41) is 10.1. The second-order valence-electron chi connectivity index (χ2n) is 5.28. The van der Waals surface area contributed by atoms with Crippen molar-refractivity contribution in [3.05, 3.63) is 59.7 Å². The molecule has 21 heavy (non-hydrogen) atoms. The minimum atomic E-state index is -0.768. The molecule has 3 heteroatoms. The number of nitrogens with one attached hydrogen (secondary N) is 1. The summed E-state index contributed by atoms with van der Waals surface area (Å²) in [4.78, 5) is 14.3. The molecule has 1 heterocycles. The lowest BCUT2D eigenvalue weighted by molar-refractivity contribution is -0.136. The number of carboxylic acids is 1. The van der Waals surface area contributed by atoms with E-state index in [0.29, 0.717) is 6.42 Å². The summed E-state index contributed by atoms with van der Waals surface area (Å²) in [6.07, 6.45) is 0.670. The zero-order chi connectivity index (χ0) is 14.8. The van der Waals surface area contributed by atoms with Crippen molar-refractivity contribution in [2.45, 2.75) is 19.8 Å². The highest BCUT2D eigenvalue weighted by Crippen LogP contribution is 2.31. The second-order valence-corrected chi connectivity index (χ2v) is 5.28. The van der Waals surface area contributed by atoms with Gasteiger partial charge < -0.3 is 10.1 Å². The fourth-order valence-corrected chi connectivity index (χ4v) is 2.66. The van der Waals surface area contributed by atoms with Crippen molar-refractivity contribution < 1.29 is 9.90 Å². The van der Waals surface area contributed by atoms with E-state index in [0.717, 1.165) is 27.7 Å². The number of hydrogen-bond acceptors (Lipinski definition) is 1. The van der Waals surface area contributed by atoms with Gasteiger partial charge in [0.25, 0.3) is 0 Å². The predicted octanol–water partition coefficient (Wildman–Crippen LogP) is 4.16. The van der Waals surface area contributed by atoms with E-state index >= 15 is 0 Å². The van der Waals surface area contributed by atoms with Gasteiger partial charge in [-0.3, -0.25) is 4.79 Å². The number of aliphatic carboxylic acids is 1. The molecule has 3 rings (SSSR count). The van der Waals surface area contributed by atoms with Crippen LogP contribution in [0.5, 0.6) is 0 Å². The maximum absolute atomic E-state index is 10.9. The van der Waals surface area contributed by atoms with E-state index in [4.69, 9.17) is 5.11 Å². The Bertz CT molecular complexity index is 785.